The Morgan fingerprint density at radius 2 is 2.17 bits per heavy atom. The molecule has 1 aromatic carbocycles. The zero-order valence-corrected chi connectivity index (χ0v) is 13.3. The fraction of sp³-hybridized carbons (Fsp3) is 0.333. The number of carbonyl (C=O) groups is 1. The molecule has 2 rings (SSSR count). The van der Waals surface area contributed by atoms with Crippen LogP contribution in [0.1, 0.15) is 22.4 Å². The number of thiazole rings is 1. The van der Waals surface area contributed by atoms with E-state index in [0.29, 0.717) is 19.0 Å². The minimum absolute atomic E-state index is 0.0651. The molecule has 2 amide bonds. The highest BCUT2D eigenvalue weighted by Gasteiger charge is 2.14. The second-order valence-electron chi connectivity index (χ2n) is 4.93. The summed E-state index contributed by atoms with van der Waals surface area (Å²) in [6.07, 6.45) is -0.644. The molecule has 23 heavy (non-hydrogen) atoms. The Hall–Kier alpha value is -2.06. The molecular formula is C15H17F2N3O2S. The van der Waals surface area contributed by atoms with Crippen LogP contribution in [0.5, 0.6) is 0 Å². The molecule has 0 spiro atoms. The lowest BCUT2D eigenvalue weighted by Crippen LogP contribution is -2.38. The maximum atomic E-state index is 13.5. The largest absolute Gasteiger partial charge is 0.386 e. The summed E-state index contributed by atoms with van der Waals surface area (Å²) in [4.78, 5) is 15.9. The highest BCUT2D eigenvalue weighted by Crippen LogP contribution is 2.17. The average molecular weight is 341 g/mol. The van der Waals surface area contributed by atoms with Gasteiger partial charge in [-0.15, -0.1) is 11.3 Å². The van der Waals surface area contributed by atoms with E-state index in [9.17, 15) is 18.7 Å². The number of rotatable bonds is 6. The fourth-order valence-corrected chi connectivity index (χ4v) is 2.61. The molecule has 1 atom stereocenters. The second kappa shape index (κ2) is 7.98. The number of aliphatic hydroxyl groups is 1. The van der Waals surface area contributed by atoms with Crippen LogP contribution in [0, 0.1) is 18.6 Å². The van der Waals surface area contributed by atoms with Gasteiger partial charge in [-0.1, -0.05) is 6.07 Å². The number of amides is 2. The summed E-state index contributed by atoms with van der Waals surface area (Å²) in [5, 5.41) is 17.8. The molecule has 0 fully saturated rings. The lowest BCUT2D eigenvalue weighted by Gasteiger charge is -2.13. The van der Waals surface area contributed by atoms with E-state index >= 15 is 0 Å². The standard InChI is InChI=1S/C15H17F2N3O2S/c1-9-20-11(8-23-9)4-5-18-15(22)19-7-14(21)12-3-2-10(16)6-13(12)17/h2-3,6,8,14,21H,4-5,7H2,1H3,(H2,18,19,22)/t14-/m0/s1. The molecule has 0 saturated heterocycles. The summed E-state index contributed by atoms with van der Waals surface area (Å²) in [7, 11) is 0. The number of aromatic nitrogens is 1. The van der Waals surface area contributed by atoms with Crippen LogP contribution in [0.3, 0.4) is 0 Å². The molecule has 5 nitrogen and oxygen atoms in total. The first-order valence-electron chi connectivity index (χ1n) is 7.01. The Kier molecular flexibility index (Phi) is 6.00. The number of halogens is 2. The molecule has 0 unspecified atom stereocenters. The zero-order valence-electron chi connectivity index (χ0n) is 12.5. The molecule has 0 radical (unpaired) electrons. The Bertz CT molecular complexity index is 678. The van der Waals surface area contributed by atoms with E-state index in [2.05, 4.69) is 15.6 Å². The number of aliphatic hydroxyl groups excluding tert-OH is 1. The van der Waals surface area contributed by atoms with Crippen LogP contribution in [0.4, 0.5) is 13.6 Å². The Morgan fingerprint density at radius 1 is 1.39 bits per heavy atom. The van der Waals surface area contributed by atoms with Crippen LogP contribution in [0.25, 0.3) is 0 Å². The molecule has 0 saturated carbocycles. The van der Waals surface area contributed by atoms with Crippen LogP contribution < -0.4 is 10.6 Å². The normalized spacial score (nSPS) is 12.0. The Labute approximate surface area is 136 Å². The van der Waals surface area contributed by atoms with Crippen molar-refractivity contribution in [2.24, 2.45) is 0 Å². The number of benzene rings is 1. The number of nitrogens with one attached hydrogen (secondary N) is 2. The van der Waals surface area contributed by atoms with Gasteiger partial charge in [0, 0.05) is 36.5 Å². The summed E-state index contributed by atoms with van der Waals surface area (Å²) in [6, 6.07) is 2.42. The van der Waals surface area contributed by atoms with Crippen molar-refractivity contribution in [2.75, 3.05) is 13.1 Å². The first-order chi connectivity index (χ1) is 11.0. The number of hydrogen-bond acceptors (Lipinski definition) is 4. The third-order valence-corrected chi connectivity index (χ3v) is 3.93. The minimum Gasteiger partial charge on any atom is -0.386 e. The van der Waals surface area contributed by atoms with E-state index in [1.54, 1.807) is 11.3 Å². The summed E-state index contributed by atoms with van der Waals surface area (Å²) < 4.78 is 26.3. The van der Waals surface area contributed by atoms with Gasteiger partial charge in [0.05, 0.1) is 16.8 Å². The highest BCUT2D eigenvalue weighted by molar-refractivity contribution is 7.09. The molecule has 0 aliphatic carbocycles. The van der Waals surface area contributed by atoms with Gasteiger partial charge in [-0.05, 0) is 13.0 Å². The smallest absolute Gasteiger partial charge is 0.314 e. The van der Waals surface area contributed by atoms with Crippen LogP contribution in [-0.4, -0.2) is 29.2 Å². The van der Waals surface area contributed by atoms with Gasteiger partial charge in [0.2, 0.25) is 0 Å². The van der Waals surface area contributed by atoms with Gasteiger partial charge in [0.15, 0.2) is 0 Å². The van der Waals surface area contributed by atoms with Gasteiger partial charge >= 0.3 is 6.03 Å². The number of aryl methyl sites for hydroxylation is 1. The van der Waals surface area contributed by atoms with Crippen molar-refractivity contribution in [1.29, 1.82) is 0 Å². The predicted molar refractivity (Wildman–Crippen MR) is 83.3 cm³/mol. The van der Waals surface area contributed by atoms with E-state index in [-0.39, 0.29) is 12.1 Å². The van der Waals surface area contributed by atoms with Crippen LogP contribution in [0.15, 0.2) is 23.6 Å². The van der Waals surface area contributed by atoms with Gasteiger partial charge in [-0.25, -0.2) is 18.6 Å². The van der Waals surface area contributed by atoms with Crippen molar-refractivity contribution in [1.82, 2.24) is 15.6 Å². The molecule has 3 N–H and O–H groups in total. The topological polar surface area (TPSA) is 74.2 Å². The van der Waals surface area contributed by atoms with Crippen molar-refractivity contribution in [3.63, 3.8) is 0 Å². The lowest BCUT2D eigenvalue weighted by molar-refractivity contribution is 0.168. The SMILES string of the molecule is Cc1nc(CCNC(=O)NC[C@H](O)c2ccc(F)cc2F)cs1. The lowest BCUT2D eigenvalue weighted by atomic mass is 10.1. The first-order valence-corrected chi connectivity index (χ1v) is 7.89. The fourth-order valence-electron chi connectivity index (χ4n) is 1.96. The third-order valence-electron chi connectivity index (χ3n) is 3.11. The molecule has 1 heterocycles. The van der Waals surface area contributed by atoms with Crippen LogP contribution in [-0.2, 0) is 6.42 Å². The Balaban J connectivity index is 1.73. The third kappa shape index (κ3) is 5.26. The average Bonchev–Trinajstić information content (AvgIpc) is 2.90. The first kappa shape index (κ1) is 17.3. The quantitative estimate of drug-likeness (QED) is 0.755. The number of carbonyl (C=O) groups excluding carboxylic acids is 1. The second-order valence-corrected chi connectivity index (χ2v) is 5.99. The van der Waals surface area contributed by atoms with Crippen molar-refractivity contribution in [3.8, 4) is 0 Å². The Morgan fingerprint density at radius 3 is 2.83 bits per heavy atom. The number of hydrogen-bond donors (Lipinski definition) is 3. The molecule has 1 aromatic heterocycles. The minimum atomic E-state index is -1.25. The molecule has 0 aliphatic rings. The maximum Gasteiger partial charge on any atom is 0.314 e. The van der Waals surface area contributed by atoms with Crippen molar-refractivity contribution in [2.45, 2.75) is 19.4 Å². The van der Waals surface area contributed by atoms with Gasteiger partial charge in [-0.2, -0.15) is 0 Å². The predicted octanol–water partition coefficient (Wildman–Crippen LogP) is 2.31. The van der Waals surface area contributed by atoms with E-state index in [1.165, 1.54) is 0 Å². The summed E-state index contributed by atoms with van der Waals surface area (Å²) in [6.45, 7) is 2.13. The van der Waals surface area contributed by atoms with Crippen molar-refractivity contribution < 1.29 is 18.7 Å². The van der Waals surface area contributed by atoms with Gasteiger partial charge in [0.1, 0.15) is 11.6 Å². The van der Waals surface area contributed by atoms with Gasteiger partial charge in [-0.3, -0.25) is 0 Å². The van der Waals surface area contributed by atoms with Crippen molar-refractivity contribution >= 4 is 17.4 Å². The van der Waals surface area contributed by atoms with Crippen LogP contribution >= 0.6 is 11.3 Å². The number of nitrogens with zero attached hydrogens (tertiary/aromatic N) is 1. The highest BCUT2D eigenvalue weighted by atomic mass is 32.1. The van der Waals surface area contributed by atoms with Crippen LogP contribution in [0.2, 0.25) is 0 Å². The van der Waals surface area contributed by atoms with E-state index < -0.39 is 23.8 Å². The zero-order chi connectivity index (χ0) is 16.8. The molecule has 0 aliphatic heterocycles. The van der Waals surface area contributed by atoms with Gasteiger partial charge < -0.3 is 15.7 Å². The molecular weight excluding hydrogens is 324 g/mol. The van der Waals surface area contributed by atoms with Crippen molar-refractivity contribution in [3.05, 3.63) is 51.5 Å². The maximum absolute atomic E-state index is 13.5. The number of urea groups is 1. The molecule has 124 valence electrons. The van der Waals surface area contributed by atoms with E-state index in [1.807, 2.05) is 12.3 Å². The van der Waals surface area contributed by atoms with E-state index in [4.69, 9.17) is 0 Å². The van der Waals surface area contributed by atoms with Gasteiger partial charge in [0.25, 0.3) is 0 Å². The molecule has 0 bridgehead atoms. The summed E-state index contributed by atoms with van der Waals surface area (Å²) in [5.74, 6) is -1.57. The monoisotopic (exact) mass is 341 g/mol. The molecule has 2 aromatic rings. The van der Waals surface area contributed by atoms with E-state index in [0.717, 1.165) is 22.8 Å². The summed E-state index contributed by atoms with van der Waals surface area (Å²) in [5.41, 5.74) is 0.839. The molecule has 8 heteroatoms. The summed E-state index contributed by atoms with van der Waals surface area (Å²) >= 11 is 1.54.